The number of hydrogen-bond acceptors (Lipinski definition) is 5. The van der Waals surface area contributed by atoms with Crippen LogP contribution in [0.3, 0.4) is 0 Å². The molecule has 0 aromatic rings. The van der Waals surface area contributed by atoms with E-state index in [1.807, 2.05) is 20.8 Å². The maximum atomic E-state index is 12.3. The van der Waals surface area contributed by atoms with E-state index in [9.17, 15) is 9.59 Å². The molecule has 1 fully saturated rings. The summed E-state index contributed by atoms with van der Waals surface area (Å²) >= 11 is 0. The minimum Gasteiger partial charge on any atom is -0.463 e. The summed E-state index contributed by atoms with van der Waals surface area (Å²) in [5, 5.41) is 5.58. The zero-order chi connectivity index (χ0) is 17.0. The minimum atomic E-state index is -0.365. The Labute approximate surface area is 137 Å². The molecule has 3 atom stereocenters. The highest BCUT2D eigenvalue weighted by molar-refractivity contribution is 5.94. The SMILES string of the molecule is CCOC(=O)C1=C(CN2C[C@@H](C)O[C@@H](C)C2)NC(=O)N[C@H]1CC. The van der Waals surface area contributed by atoms with Crippen LogP contribution in [0, 0.1) is 0 Å². The average molecular weight is 325 g/mol. The number of morpholine rings is 1. The van der Waals surface area contributed by atoms with Gasteiger partial charge in [-0.1, -0.05) is 6.92 Å². The van der Waals surface area contributed by atoms with Crippen molar-refractivity contribution in [3.8, 4) is 0 Å². The molecule has 2 amide bonds. The quantitative estimate of drug-likeness (QED) is 0.737. The molecular weight excluding hydrogens is 298 g/mol. The van der Waals surface area contributed by atoms with Crippen LogP contribution in [0.2, 0.25) is 0 Å². The van der Waals surface area contributed by atoms with Crippen molar-refractivity contribution in [2.75, 3.05) is 26.2 Å². The van der Waals surface area contributed by atoms with Crippen molar-refractivity contribution in [2.45, 2.75) is 52.4 Å². The first kappa shape index (κ1) is 17.7. The van der Waals surface area contributed by atoms with Crippen molar-refractivity contribution >= 4 is 12.0 Å². The smallest absolute Gasteiger partial charge is 0.337 e. The Balaban J connectivity index is 2.24. The Bertz CT molecular complexity index is 482. The first-order valence-corrected chi connectivity index (χ1v) is 8.30. The third-order valence-corrected chi connectivity index (χ3v) is 4.02. The molecule has 2 heterocycles. The van der Waals surface area contributed by atoms with Crippen molar-refractivity contribution in [1.82, 2.24) is 15.5 Å². The molecule has 2 aliphatic heterocycles. The van der Waals surface area contributed by atoms with E-state index in [4.69, 9.17) is 9.47 Å². The van der Waals surface area contributed by atoms with Crippen LogP contribution in [0.15, 0.2) is 11.3 Å². The van der Waals surface area contributed by atoms with Gasteiger partial charge in [-0.3, -0.25) is 4.90 Å². The van der Waals surface area contributed by atoms with Crippen LogP contribution in [0.5, 0.6) is 0 Å². The lowest BCUT2D eigenvalue weighted by Crippen LogP contribution is -2.54. The standard InChI is InChI=1S/C16H27N3O4/c1-5-12-14(15(20)22-6-2)13(18-16(21)17-12)9-19-7-10(3)23-11(4)8-19/h10-12H,5-9H2,1-4H3,(H2,17,18,21)/t10-,11+,12-/m0/s1. The lowest BCUT2D eigenvalue weighted by Gasteiger charge is -2.37. The summed E-state index contributed by atoms with van der Waals surface area (Å²) in [6, 6.07) is -0.581. The normalized spacial score (nSPS) is 29.0. The molecule has 7 nitrogen and oxygen atoms in total. The van der Waals surface area contributed by atoms with Gasteiger partial charge in [0.05, 0.1) is 30.4 Å². The highest BCUT2D eigenvalue weighted by Gasteiger charge is 2.33. The largest absolute Gasteiger partial charge is 0.463 e. The molecule has 0 radical (unpaired) electrons. The Morgan fingerprint density at radius 2 is 1.96 bits per heavy atom. The van der Waals surface area contributed by atoms with Crippen LogP contribution in [-0.2, 0) is 14.3 Å². The number of nitrogens with one attached hydrogen (secondary N) is 2. The van der Waals surface area contributed by atoms with Gasteiger partial charge in [0, 0.05) is 25.3 Å². The van der Waals surface area contributed by atoms with E-state index in [2.05, 4.69) is 15.5 Å². The molecule has 0 aliphatic carbocycles. The van der Waals surface area contributed by atoms with Crippen LogP contribution in [0.1, 0.15) is 34.1 Å². The second-order valence-electron chi connectivity index (χ2n) is 6.12. The molecule has 23 heavy (non-hydrogen) atoms. The van der Waals surface area contributed by atoms with Gasteiger partial charge in [-0.05, 0) is 27.2 Å². The fourth-order valence-corrected chi connectivity index (χ4v) is 3.22. The summed E-state index contributed by atoms with van der Waals surface area (Å²) in [4.78, 5) is 26.4. The maximum Gasteiger partial charge on any atom is 0.337 e. The predicted octanol–water partition coefficient (Wildman–Crippen LogP) is 1.00. The third-order valence-electron chi connectivity index (χ3n) is 4.02. The number of rotatable bonds is 5. The third kappa shape index (κ3) is 4.45. The fourth-order valence-electron chi connectivity index (χ4n) is 3.22. The predicted molar refractivity (Wildman–Crippen MR) is 85.9 cm³/mol. The molecule has 0 bridgehead atoms. The Kier molecular flexibility index (Phi) is 6.01. The first-order chi connectivity index (χ1) is 10.9. The van der Waals surface area contributed by atoms with Crippen molar-refractivity contribution in [3.05, 3.63) is 11.3 Å². The molecule has 1 saturated heterocycles. The van der Waals surface area contributed by atoms with Crippen molar-refractivity contribution in [2.24, 2.45) is 0 Å². The number of ether oxygens (including phenoxy) is 2. The molecule has 130 valence electrons. The first-order valence-electron chi connectivity index (χ1n) is 8.30. The van der Waals surface area contributed by atoms with Gasteiger partial charge in [0.15, 0.2) is 0 Å². The van der Waals surface area contributed by atoms with E-state index < -0.39 is 0 Å². The molecule has 0 aromatic heterocycles. The average Bonchev–Trinajstić information content (AvgIpc) is 2.45. The number of amides is 2. The Morgan fingerprint density at radius 1 is 1.30 bits per heavy atom. The van der Waals surface area contributed by atoms with Gasteiger partial charge in [0.2, 0.25) is 0 Å². The summed E-state index contributed by atoms with van der Waals surface area (Å²) < 4.78 is 10.9. The van der Waals surface area contributed by atoms with Crippen LogP contribution in [0.4, 0.5) is 4.79 Å². The van der Waals surface area contributed by atoms with Crippen LogP contribution >= 0.6 is 0 Å². The fraction of sp³-hybridized carbons (Fsp3) is 0.750. The molecule has 2 N–H and O–H groups in total. The van der Waals surface area contributed by atoms with Crippen LogP contribution < -0.4 is 10.6 Å². The Hall–Kier alpha value is -1.60. The molecule has 0 aromatic carbocycles. The molecule has 0 unspecified atom stereocenters. The number of carbonyl (C=O) groups excluding carboxylic acids is 2. The number of carbonyl (C=O) groups is 2. The maximum absolute atomic E-state index is 12.3. The highest BCUT2D eigenvalue weighted by Crippen LogP contribution is 2.19. The van der Waals surface area contributed by atoms with Gasteiger partial charge < -0.3 is 20.1 Å². The zero-order valence-electron chi connectivity index (χ0n) is 14.3. The summed E-state index contributed by atoms with van der Waals surface area (Å²) in [6.45, 7) is 10.1. The summed E-state index contributed by atoms with van der Waals surface area (Å²) in [5.41, 5.74) is 1.17. The summed E-state index contributed by atoms with van der Waals surface area (Å²) in [5.74, 6) is -0.365. The zero-order valence-corrected chi connectivity index (χ0v) is 14.3. The molecule has 2 rings (SSSR count). The number of hydrogen-bond donors (Lipinski definition) is 2. The Morgan fingerprint density at radius 3 is 2.52 bits per heavy atom. The molecule has 0 spiro atoms. The number of urea groups is 1. The lowest BCUT2D eigenvalue weighted by atomic mass is 9.99. The van der Waals surface area contributed by atoms with E-state index in [1.165, 1.54) is 0 Å². The molecule has 2 aliphatic rings. The van der Waals surface area contributed by atoms with E-state index >= 15 is 0 Å². The topological polar surface area (TPSA) is 79.9 Å². The highest BCUT2D eigenvalue weighted by atomic mass is 16.5. The van der Waals surface area contributed by atoms with Crippen molar-refractivity contribution < 1.29 is 19.1 Å². The summed E-state index contributed by atoms with van der Waals surface area (Å²) in [7, 11) is 0. The van der Waals surface area contributed by atoms with E-state index in [0.717, 1.165) is 13.1 Å². The second kappa shape index (κ2) is 7.79. The van der Waals surface area contributed by atoms with Crippen molar-refractivity contribution in [1.29, 1.82) is 0 Å². The van der Waals surface area contributed by atoms with Crippen LogP contribution in [0.25, 0.3) is 0 Å². The van der Waals surface area contributed by atoms with Gasteiger partial charge in [0.1, 0.15) is 0 Å². The van der Waals surface area contributed by atoms with E-state index in [0.29, 0.717) is 30.8 Å². The number of nitrogens with zero attached hydrogens (tertiary/aromatic N) is 1. The van der Waals surface area contributed by atoms with E-state index in [1.54, 1.807) is 6.92 Å². The lowest BCUT2D eigenvalue weighted by molar-refractivity contribution is -0.139. The van der Waals surface area contributed by atoms with Gasteiger partial charge >= 0.3 is 12.0 Å². The van der Waals surface area contributed by atoms with Crippen molar-refractivity contribution in [3.63, 3.8) is 0 Å². The molecular formula is C16H27N3O4. The molecule has 0 saturated carbocycles. The van der Waals surface area contributed by atoms with Gasteiger partial charge in [-0.2, -0.15) is 0 Å². The monoisotopic (exact) mass is 325 g/mol. The second-order valence-corrected chi connectivity index (χ2v) is 6.12. The van der Waals surface area contributed by atoms with E-state index in [-0.39, 0.29) is 30.3 Å². The van der Waals surface area contributed by atoms with Gasteiger partial charge in [-0.15, -0.1) is 0 Å². The van der Waals surface area contributed by atoms with Crippen LogP contribution in [-0.4, -0.2) is 61.4 Å². The minimum absolute atomic E-state index is 0.129. The number of esters is 1. The molecule has 7 heteroatoms. The summed E-state index contributed by atoms with van der Waals surface area (Å²) in [6.07, 6.45) is 0.899. The van der Waals surface area contributed by atoms with Gasteiger partial charge in [-0.25, -0.2) is 9.59 Å². The van der Waals surface area contributed by atoms with Gasteiger partial charge in [0.25, 0.3) is 0 Å².